The van der Waals surface area contributed by atoms with Crippen molar-refractivity contribution in [3.63, 3.8) is 0 Å². The van der Waals surface area contributed by atoms with Gasteiger partial charge in [-0.1, -0.05) is 20.8 Å². The molecule has 0 aromatic carbocycles. The third-order valence-electron chi connectivity index (χ3n) is 3.55. The van der Waals surface area contributed by atoms with Gasteiger partial charge < -0.3 is 10.2 Å². The molecule has 118 valence electrons. The van der Waals surface area contributed by atoms with Gasteiger partial charge in [-0.3, -0.25) is 0 Å². The van der Waals surface area contributed by atoms with Crippen LogP contribution in [-0.2, 0) is 0 Å². The molecule has 1 fully saturated rings. The number of aromatic nitrogens is 2. The summed E-state index contributed by atoms with van der Waals surface area (Å²) in [7, 11) is 0. The normalized spacial score (nSPS) is 18.1. The van der Waals surface area contributed by atoms with Crippen LogP contribution >= 0.6 is 11.8 Å². The zero-order chi connectivity index (χ0) is 15.5. The summed E-state index contributed by atoms with van der Waals surface area (Å²) in [5.74, 6) is 4.47. The lowest BCUT2D eigenvalue weighted by Gasteiger charge is -2.38. The molecule has 1 aromatic rings. The molecule has 4 nitrogen and oxygen atoms in total. The highest BCUT2D eigenvalue weighted by atomic mass is 32.2. The van der Waals surface area contributed by atoms with Crippen molar-refractivity contribution in [3.8, 4) is 0 Å². The topological polar surface area (TPSA) is 41.0 Å². The van der Waals surface area contributed by atoms with Gasteiger partial charge in [0, 0.05) is 42.1 Å². The molecule has 1 aromatic heterocycles. The summed E-state index contributed by atoms with van der Waals surface area (Å²) < 4.78 is 0.290. The van der Waals surface area contributed by atoms with Crippen molar-refractivity contribution < 1.29 is 0 Å². The maximum Gasteiger partial charge on any atom is 0.135 e. The zero-order valence-corrected chi connectivity index (χ0v) is 14.8. The summed E-state index contributed by atoms with van der Waals surface area (Å²) in [5, 5.41) is 3.41. The third kappa shape index (κ3) is 4.50. The summed E-state index contributed by atoms with van der Waals surface area (Å²) in [4.78, 5) is 11.8. The molecule has 0 bridgehead atoms. The van der Waals surface area contributed by atoms with Crippen molar-refractivity contribution in [2.75, 3.05) is 35.6 Å². The minimum Gasteiger partial charge on any atom is -0.370 e. The van der Waals surface area contributed by atoms with Gasteiger partial charge in [0.1, 0.15) is 17.5 Å². The lowest BCUT2D eigenvalue weighted by molar-refractivity contribution is 0.637. The number of nitrogens with zero attached hydrogens (tertiary/aromatic N) is 3. The Balaban J connectivity index is 2.26. The number of nitrogens with one attached hydrogen (secondary N) is 1. The minimum atomic E-state index is 0.290. The van der Waals surface area contributed by atoms with Crippen LogP contribution in [0.5, 0.6) is 0 Å². The molecule has 2 heterocycles. The Morgan fingerprint density at radius 1 is 1.38 bits per heavy atom. The molecule has 1 aliphatic rings. The minimum absolute atomic E-state index is 0.290. The second-order valence-electron chi connectivity index (χ2n) is 6.58. The maximum absolute atomic E-state index is 4.80. The van der Waals surface area contributed by atoms with Crippen LogP contribution < -0.4 is 10.2 Å². The van der Waals surface area contributed by atoms with E-state index in [-0.39, 0.29) is 4.75 Å². The van der Waals surface area contributed by atoms with E-state index in [4.69, 9.17) is 4.98 Å². The van der Waals surface area contributed by atoms with Gasteiger partial charge in [0.25, 0.3) is 0 Å². The number of rotatable bonds is 5. The van der Waals surface area contributed by atoms with Crippen LogP contribution in [0.4, 0.5) is 11.6 Å². The molecule has 0 unspecified atom stereocenters. The third-order valence-corrected chi connectivity index (χ3v) is 4.85. The van der Waals surface area contributed by atoms with Crippen LogP contribution in [0.1, 0.15) is 52.8 Å². The van der Waals surface area contributed by atoms with E-state index in [9.17, 15) is 0 Å². The van der Waals surface area contributed by atoms with Crippen molar-refractivity contribution in [3.05, 3.63) is 11.9 Å². The SMILES string of the molecule is CCCNc1cc(N2CCSC(C)(C)C2)nc(C(C)C)n1. The fraction of sp³-hybridized carbons (Fsp3) is 0.750. The largest absolute Gasteiger partial charge is 0.370 e. The second kappa shape index (κ2) is 6.86. The van der Waals surface area contributed by atoms with E-state index in [1.165, 1.54) is 0 Å². The van der Waals surface area contributed by atoms with Gasteiger partial charge in [-0.15, -0.1) is 0 Å². The predicted molar refractivity (Wildman–Crippen MR) is 93.7 cm³/mol. The fourth-order valence-electron chi connectivity index (χ4n) is 2.43. The monoisotopic (exact) mass is 308 g/mol. The van der Waals surface area contributed by atoms with Gasteiger partial charge >= 0.3 is 0 Å². The van der Waals surface area contributed by atoms with Crippen LogP contribution in [0.2, 0.25) is 0 Å². The Morgan fingerprint density at radius 2 is 2.14 bits per heavy atom. The van der Waals surface area contributed by atoms with Gasteiger partial charge in [0.05, 0.1) is 0 Å². The van der Waals surface area contributed by atoms with E-state index >= 15 is 0 Å². The molecule has 5 heteroatoms. The number of anilines is 2. The Hall–Kier alpha value is -0.970. The van der Waals surface area contributed by atoms with Crippen LogP contribution in [0, 0.1) is 0 Å². The lowest BCUT2D eigenvalue weighted by atomic mass is 10.1. The van der Waals surface area contributed by atoms with Crippen molar-refractivity contribution in [2.45, 2.75) is 51.7 Å². The Kier molecular flexibility index (Phi) is 5.36. The molecule has 1 aliphatic heterocycles. The van der Waals surface area contributed by atoms with Crippen molar-refractivity contribution in [1.29, 1.82) is 0 Å². The summed E-state index contributed by atoms with van der Waals surface area (Å²) >= 11 is 2.05. The summed E-state index contributed by atoms with van der Waals surface area (Å²) in [5.41, 5.74) is 0. The molecule has 0 atom stereocenters. The summed E-state index contributed by atoms with van der Waals surface area (Å²) in [6, 6.07) is 2.10. The zero-order valence-electron chi connectivity index (χ0n) is 13.9. The first kappa shape index (κ1) is 16.4. The van der Waals surface area contributed by atoms with Gasteiger partial charge in [0.15, 0.2) is 0 Å². The lowest BCUT2D eigenvalue weighted by Crippen LogP contribution is -2.43. The predicted octanol–water partition coefficient (Wildman–Crippen LogP) is 3.75. The Morgan fingerprint density at radius 3 is 2.76 bits per heavy atom. The van der Waals surface area contributed by atoms with E-state index in [1.54, 1.807) is 0 Å². The van der Waals surface area contributed by atoms with Crippen molar-refractivity contribution in [2.24, 2.45) is 0 Å². The van der Waals surface area contributed by atoms with Gasteiger partial charge in [-0.2, -0.15) is 11.8 Å². The molecule has 2 rings (SSSR count). The van der Waals surface area contributed by atoms with E-state index in [0.29, 0.717) is 5.92 Å². The van der Waals surface area contributed by atoms with E-state index in [1.807, 2.05) is 11.8 Å². The summed E-state index contributed by atoms with van der Waals surface area (Å²) in [6.07, 6.45) is 1.10. The quantitative estimate of drug-likeness (QED) is 0.897. The Labute approximate surface area is 133 Å². The van der Waals surface area contributed by atoms with Crippen LogP contribution in [0.3, 0.4) is 0 Å². The first-order valence-corrected chi connectivity index (χ1v) is 8.91. The summed E-state index contributed by atoms with van der Waals surface area (Å²) in [6.45, 7) is 14.2. The highest BCUT2D eigenvalue weighted by Gasteiger charge is 2.28. The molecule has 1 saturated heterocycles. The molecule has 0 radical (unpaired) electrons. The number of thioether (sulfide) groups is 1. The van der Waals surface area contributed by atoms with E-state index in [0.717, 1.165) is 49.3 Å². The van der Waals surface area contributed by atoms with Gasteiger partial charge in [-0.25, -0.2) is 9.97 Å². The fourth-order valence-corrected chi connectivity index (χ4v) is 3.54. The smallest absolute Gasteiger partial charge is 0.135 e. The van der Waals surface area contributed by atoms with Crippen molar-refractivity contribution in [1.82, 2.24) is 9.97 Å². The van der Waals surface area contributed by atoms with Crippen LogP contribution in [0.25, 0.3) is 0 Å². The molecule has 0 amide bonds. The van der Waals surface area contributed by atoms with E-state index in [2.05, 4.69) is 55.9 Å². The first-order chi connectivity index (χ1) is 9.91. The average Bonchev–Trinajstić information content (AvgIpc) is 2.43. The molecule has 1 N–H and O–H groups in total. The maximum atomic E-state index is 4.80. The molecule has 0 saturated carbocycles. The standard InChI is InChI=1S/C16H28N4S/c1-6-7-17-13-10-14(19-15(18-13)12(2)3)20-8-9-21-16(4,5)11-20/h10,12H,6-9,11H2,1-5H3,(H,17,18,19). The Bertz CT molecular complexity index is 473. The average molecular weight is 308 g/mol. The molecular weight excluding hydrogens is 280 g/mol. The highest BCUT2D eigenvalue weighted by Crippen LogP contribution is 2.32. The van der Waals surface area contributed by atoms with Crippen LogP contribution in [0.15, 0.2) is 6.07 Å². The number of hydrogen-bond acceptors (Lipinski definition) is 5. The molecule has 0 aliphatic carbocycles. The van der Waals surface area contributed by atoms with Crippen molar-refractivity contribution >= 4 is 23.4 Å². The van der Waals surface area contributed by atoms with E-state index < -0.39 is 0 Å². The molecular formula is C16H28N4S. The van der Waals surface area contributed by atoms with Gasteiger partial charge in [-0.05, 0) is 20.3 Å². The number of hydrogen-bond donors (Lipinski definition) is 1. The van der Waals surface area contributed by atoms with Crippen LogP contribution in [-0.4, -0.2) is 40.1 Å². The highest BCUT2D eigenvalue weighted by molar-refractivity contribution is 8.00. The van der Waals surface area contributed by atoms with Gasteiger partial charge in [0.2, 0.25) is 0 Å². The molecule has 0 spiro atoms. The second-order valence-corrected chi connectivity index (χ2v) is 8.38. The molecule has 21 heavy (non-hydrogen) atoms. The first-order valence-electron chi connectivity index (χ1n) is 7.93.